The quantitative estimate of drug-likeness (QED) is 0.321. The second-order valence-electron chi connectivity index (χ2n) is 8.77. The van der Waals surface area contributed by atoms with Crippen molar-refractivity contribution in [2.45, 2.75) is 25.4 Å². The molecule has 0 aliphatic heterocycles. The second-order valence-corrected chi connectivity index (χ2v) is 9.20. The maximum Gasteiger partial charge on any atom is 0.237 e. The molecule has 0 radical (unpaired) electrons. The number of aliphatic hydroxyl groups is 1. The van der Waals surface area contributed by atoms with Crippen LogP contribution < -0.4 is 5.32 Å². The normalized spacial score (nSPS) is 13.1. The van der Waals surface area contributed by atoms with Gasteiger partial charge in [0.25, 0.3) is 0 Å². The molecule has 180 valence electrons. The average Bonchev–Trinajstić information content (AvgIpc) is 3.04. The third-order valence-corrected chi connectivity index (χ3v) is 6.64. The van der Waals surface area contributed by atoms with E-state index in [-0.39, 0.29) is 12.5 Å². The van der Waals surface area contributed by atoms with Crippen LogP contribution >= 0.6 is 11.6 Å². The van der Waals surface area contributed by atoms with Crippen LogP contribution in [-0.2, 0) is 11.3 Å². The SMILES string of the molecule is CN(CCC=C1c2ccccc2C=Cc2ccccc21)C(CCO)C(=O)NCc1ccc(Cl)cc1. The van der Waals surface area contributed by atoms with Gasteiger partial charge in [-0.15, -0.1) is 0 Å². The lowest BCUT2D eigenvalue weighted by atomic mass is 9.93. The van der Waals surface area contributed by atoms with E-state index in [9.17, 15) is 9.90 Å². The largest absolute Gasteiger partial charge is 0.396 e. The number of nitrogens with zero attached hydrogens (tertiary/aromatic N) is 1. The van der Waals surface area contributed by atoms with Gasteiger partial charge in [-0.3, -0.25) is 9.69 Å². The van der Waals surface area contributed by atoms with Crippen LogP contribution in [0, 0.1) is 0 Å². The topological polar surface area (TPSA) is 52.6 Å². The Balaban J connectivity index is 1.46. The molecule has 35 heavy (non-hydrogen) atoms. The van der Waals surface area contributed by atoms with Gasteiger partial charge in [0.05, 0.1) is 6.04 Å². The second kappa shape index (κ2) is 12.0. The van der Waals surface area contributed by atoms with Crippen molar-refractivity contribution in [1.29, 1.82) is 0 Å². The molecule has 0 fully saturated rings. The molecule has 0 saturated carbocycles. The minimum absolute atomic E-state index is 0.0448. The van der Waals surface area contributed by atoms with E-state index in [2.05, 4.69) is 72.1 Å². The van der Waals surface area contributed by atoms with E-state index in [1.165, 1.54) is 27.8 Å². The van der Waals surface area contributed by atoms with Crippen LogP contribution in [0.3, 0.4) is 0 Å². The van der Waals surface area contributed by atoms with Crippen molar-refractivity contribution in [3.8, 4) is 0 Å². The fourth-order valence-corrected chi connectivity index (χ4v) is 4.60. The van der Waals surface area contributed by atoms with Crippen LogP contribution in [0.2, 0.25) is 5.02 Å². The molecule has 0 spiro atoms. The molecule has 4 nitrogen and oxygen atoms in total. The first-order chi connectivity index (χ1) is 17.1. The highest BCUT2D eigenvalue weighted by molar-refractivity contribution is 6.30. The summed E-state index contributed by atoms with van der Waals surface area (Å²) in [6.07, 6.45) is 7.77. The Morgan fingerprint density at radius 2 is 1.57 bits per heavy atom. The number of benzene rings is 3. The van der Waals surface area contributed by atoms with E-state index >= 15 is 0 Å². The minimum atomic E-state index is -0.402. The first-order valence-electron chi connectivity index (χ1n) is 12.0. The summed E-state index contributed by atoms with van der Waals surface area (Å²) in [5.74, 6) is -0.0847. The number of hydrogen-bond donors (Lipinski definition) is 2. The lowest BCUT2D eigenvalue weighted by molar-refractivity contribution is -0.126. The summed E-state index contributed by atoms with van der Waals surface area (Å²) in [6, 6.07) is 23.9. The zero-order valence-corrected chi connectivity index (χ0v) is 20.7. The summed E-state index contributed by atoms with van der Waals surface area (Å²) >= 11 is 5.95. The maximum absolute atomic E-state index is 12.9. The molecule has 1 aliphatic rings. The molecule has 3 aromatic rings. The standard InChI is InChI=1S/C30H31ClN2O2/c1-33(29(18-20-34)30(35)32-21-22-12-16-25(31)17-13-22)19-6-11-28-26-9-4-2-7-23(26)14-15-24-8-3-5-10-27(24)28/h2-5,7-17,29,34H,6,18-21H2,1H3,(H,32,35). The molecule has 5 heteroatoms. The number of halogens is 1. The van der Waals surface area contributed by atoms with Gasteiger partial charge in [-0.25, -0.2) is 0 Å². The zero-order valence-electron chi connectivity index (χ0n) is 20.0. The highest BCUT2D eigenvalue weighted by Crippen LogP contribution is 2.33. The van der Waals surface area contributed by atoms with E-state index in [0.717, 1.165) is 12.0 Å². The van der Waals surface area contributed by atoms with Crippen LogP contribution in [0.25, 0.3) is 17.7 Å². The molecule has 0 bridgehead atoms. The van der Waals surface area contributed by atoms with Crippen LogP contribution in [0.1, 0.15) is 40.7 Å². The van der Waals surface area contributed by atoms with Crippen molar-refractivity contribution < 1.29 is 9.90 Å². The van der Waals surface area contributed by atoms with Gasteiger partial charge >= 0.3 is 0 Å². The Kier molecular flexibility index (Phi) is 8.54. The zero-order chi connectivity index (χ0) is 24.6. The summed E-state index contributed by atoms with van der Waals surface area (Å²) in [4.78, 5) is 15.0. The maximum atomic E-state index is 12.9. The summed E-state index contributed by atoms with van der Waals surface area (Å²) < 4.78 is 0. The summed E-state index contributed by atoms with van der Waals surface area (Å²) in [5, 5.41) is 13.3. The fraction of sp³-hybridized carbons (Fsp3) is 0.233. The fourth-order valence-electron chi connectivity index (χ4n) is 4.47. The van der Waals surface area contributed by atoms with E-state index in [1.807, 2.05) is 36.2 Å². The molecular formula is C30H31ClN2O2. The van der Waals surface area contributed by atoms with Crippen molar-refractivity contribution in [2.75, 3.05) is 20.2 Å². The van der Waals surface area contributed by atoms with Gasteiger partial charge < -0.3 is 10.4 Å². The van der Waals surface area contributed by atoms with Crippen molar-refractivity contribution in [1.82, 2.24) is 10.2 Å². The smallest absolute Gasteiger partial charge is 0.237 e. The Hall–Kier alpha value is -3.18. The molecule has 1 unspecified atom stereocenters. The Morgan fingerprint density at radius 3 is 2.17 bits per heavy atom. The van der Waals surface area contributed by atoms with Crippen molar-refractivity contribution in [2.24, 2.45) is 0 Å². The molecule has 0 aromatic heterocycles. The van der Waals surface area contributed by atoms with Gasteiger partial charge in [0.15, 0.2) is 0 Å². The molecule has 2 N–H and O–H groups in total. The van der Waals surface area contributed by atoms with Crippen LogP contribution in [0.4, 0.5) is 0 Å². The monoisotopic (exact) mass is 486 g/mol. The van der Waals surface area contributed by atoms with Crippen molar-refractivity contribution in [3.05, 3.63) is 112 Å². The average molecular weight is 487 g/mol. The molecule has 0 saturated heterocycles. The highest BCUT2D eigenvalue weighted by Gasteiger charge is 2.22. The predicted octanol–water partition coefficient (Wildman–Crippen LogP) is 5.64. The number of amides is 1. The number of rotatable bonds is 9. The summed E-state index contributed by atoms with van der Waals surface area (Å²) in [5.41, 5.74) is 7.01. The highest BCUT2D eigenvalue weighted by atomic mass is 35.5. The number of likely N-dealkylation sites (N-methyl/N-ethyl adjacent to an activating group) is 1. The number of fused-ring (bicyclic) bond motifs is 2. The number of nitrogens with one attached hydrogen (secondary N) is 1. The van der Waals surface area contributed by atoms with Crippen molar-refractivity contribution in [3.63, 3.8) is 0 Å². The van der Waals surface area contributed by atoms with Crippen molar-refractivity contribution >= 4 is 35.2 Å². The van der Waals surface area contributed by atoms with Gasteiger partial charge in [0.2, 0.25) is 5.91 Å². The Bertz CT molecular complexity index is 1170. The van der Waals surface area contributed by atoms with Gasteiger partial charge in [-0.2, -0.15) is 0 Å². The number of carbonyl (C=O) groups is 1. The molecule has 1 amide bonds. The number of hydrogen-bond acceptors (Lipinski definition) is 3. The van der Waals surface area contributed by atoms with Crippen LogP contribution in [0.5, 0.6) is 0 Å². The Morgan fingerprint density at radius 1 is 0.971 bits per heavy atom. The van der Waals surface area contributed by atoms with E-state index in [0.29, 0.717) is 24.5 Å². The van der Waals surface area contributed by atoms with Gasteiger partial charge in [0, 0.05) is 24.7 Å². The number of aliphatic hydroxyl groups excluding tert-OH is 1. The number of carbonyl (C=O) groups excluding carboxylic acids is 1. The van der Waals surface area contributed by atoms with Gasteiger partial charge in [-0.05, 0) is 65.4 Å². The van der Waals surface area contributed by atoms with Crippen LogP contribution in [-0.4, -0.2) is 42.2 Å². The van der Waals surface area contributed by atoms with E-state index in [4.69, 9.17) is 11.6 Å². The third kappa shape index (κ3) is 6.29. The molecule has 0 heterocycles. The summed E-state index contributed by atoms with van der Waals surface area (Å²) in [6.45, 7) is 1.08. The Labute approximate surface area is 212 Å². The molecule has 4 rings (SSSR count). The lowest BCUT2D eigenvalue weighted by Gasteiger charge is -2.26. The lowest BCUT2D eigenvalue weighted by Crippen LogP contribution is -2.45. The first-order valence-corrected chi connectivity index (χ1v) is 12.3. The first kappa shape index (κ1) is 24.9. The third-order valence-electron chi connectivity index (χ3n) is 6.39. The van der Waals surface area contributed by atoms with E-state index in [1.54, 1.807) is 0 Å². The molecular weight excluding hydrogens is 456 g/mol. The minimum Gasteiger partial charge on any atom is -0.396 e. The van der Waals surface area contributed by atoms with Crippen LogP contribution in [0.15, 0.2) is 78.9 Å². The summed E-state index contributed by atoms with van der Waals surface area (Å²) in [7, 11) is 1.94. The molecule has 1 aliphatic carbocycles. The molecule has 1 atom stereocenters. The van der Waals surface area contributed by atoms with Gasteiger partial charge in [-0.1, -0.05) is 90.5 Å². The van der Waals surface area contributed by atoms with E-state index < -0.39 is 6.04 Å². The molecule has 3 aromatic carbocycles. The van der Waals surface area contributed by atoms with Gasteiger partial charge in [0.1, 0.15) is 0 Å². The predicted molar refractivity (Wildman–Crippen MR) is 145 cm³/mol.